The van der Waals surface area contributed by atoms with Crippen molar-refractivity contribution in [2.75, 3.05) is 6.79 Å². The Morgan fingerprint density at radius 3 is 1.34 bits per heavy atom. The summed E-state index contributed by atoms with van der Waals surface area (Å²) in [5, 5.41) is 0. The zero-order chi connectivity index (χ0) is 24.4. The smallest absolute Gasteiger partial charge is 0.343 e. The molecule has 4 heteroatoms. The van der Waals surface area contributed by atoms with E-state index in [-0.39, 0.29) is 12.8 Å². The van der Waals surface area contributed by atoms with E-state index in [4.69, 9.17) is 14.2 Å². The lowest BCUT2D eigenvalue weighted by Crippen LogP contribution is -2.08. The van der Waals surface area contributed by atoms with Crippen molar-refractivity contribution in [1.82, 2.24) is 0 Å². The summed E-state index contributed by atoms with van der Waals surface area (Å²) in [5.41, 5.74) is 2.78. The van der Waals surface area contributed by atoms with Crippen molar-refractivity contribution >= 4 is 5.97 Å². The van der Waals surface area contributed by atoms with Gasteiger partial charge in [-0.15, -0.1) is 0 Å². The largest absolute Gasteiger partial charge is 0.458 e. The molecule has 0 radical (unpaired) electrons. The topological polar surface area (TPSA) is 44.8 Å². The maximum atomic E-state index is 12.1. The van der Waals surface area contributed by atoms with E-state index in [0.717, 1.165) is 11.3 Å². The minimum Gasteiger partial charge on any atom is -0.458 e. The Kier molecular flexibility index (Phi) is 15.6. The van der Waals surface area contributed by atoms with Crippen LogP contribution in [0.3, 0.4) is 0 Å². The first-order chi connectivity index (χ1) is 15.6. The highest BCUT2D eigenvalue weighted by Gasteiger charge is 2.08. The molecule has 0 N–H and O–H groups in total. The third kappa shape index (κ3) is 10.7. The maximum Gasteiger partial charge on any atom is 0.343 e. The molecule has 4 nitrogen and oxygen atoms in total. The quantitative estimate of drug-likeness (QED) is 0.222. The predicted molar refractivity (Wildman–Crippen MR) is 134 cm³/mol. The lowest BCUT2D eigenvalue weighted by molar-refractivity contribution is 0.0734. The number of rotatable bonds is 6. The molecule has 0 atom stereocenters. The fourth-order valence-corrected chi connectivity index (χ4v) is 2.26. The fourth-order valence-electron chi connectivity index (χ4n) is 2.26. The van der Waals surface area contributed by atoms with Crippen molar-refractivity contribution in [3.8, 4) is 17.2 Å². The van der Waals surface area contributed by atoms with E-state index in [1.165, 1.54) is 5.56 Å². The molecule has 0 aliphatic heterocycles. The molecule has 0 aliphatic carbocycles. The Balaban J connectivity index is 0.00000148. The molecular weight excluding hydrogens is 400 g/mol. The standard InChI is InChI=1S/C22H20O4.3C2H6/c1-16-3-7-18(8-4-16)22(23)26-21-13-11-20(12-14-21)25-15-24-19-9-5-17(2)6-10-19;3*1-2/h3-14H,15H2,1-2H3;3*1-2H3. The highest BCUT2D eigenvalue weighted by atomic mass is 16.7. The Morgan fingerprint density at radius 2 is 0.906 bits per heavy atom. The number of hydrogen-bond acceptors (Lipinski definition) is 4. The second-order valence-corrected chi connectivity index (χ2v) is 5.95. The van der Waals surface area contributed by atoms with Crippen LogP contribution in [-0.2, 0) is 0 Å². The molecule has 0 unspecified atom stereocenters. The van der Waals surface area contributed by atoms with Crippen LogP contribution in [0, 0.1) is 13.8 Å². The molecule has 3 aromatic rings. The molecule has 0 aliphatic rings. The third-order valence-electron chi connectivity index (χ3n) is 3.79. The zero-order valence-corrected chi connectivity index (χ0v) is 20.8. The summed E-state index contributed by atoms with van der Waals surface area (Å²) in [6.07, 6.45) is 0. The monoisotopic (exact) mass is 438 g/mol. The molecule has 0 heterocycles. The van der Waals surface area contributed by atoms with Crippen LogP contribution in [0.1, 0.15) is 63.0 Å². The summed E-state index contributed by atoms with van der Waals surface area (Å²) >= 11 is 0. The number of ether oxygens (including phenoxy) is 3. The second kappa shape index (κ2) is 17.4. The van der Waals surface area contributed by atoms with E-state index >= 15 is 0 Å². The van der Waals surface area contributed by atoms with Gasteiger partial charge in [0.2, 0.25) is 6.79 Å². The molecule has 0 bridgehead atoms. The van der Waals surface area contributed by atoms with Gasteiger partial charge < -0.3 is 14.2 Å². The summed E-state index contributed by atoms with van der Waals surface area (Å²) in [6.45, 7) is 16.1. The van der Waals surface area contributed by atoms with Crippen LogP contribution in [-0.4, -0.2) is 12.8 Å². The number of hydrogen-bond donors (Lipinski definition) is 0. The highest BCUT2D eigenvalue weighted by Crippen LogP contribution is 2.19. The molecule has 3 aromatic carbocycles. The average Bonchev–Trinajstić information content (AvgIpc) is 2.86. The summed E-state index contributed by atoms with van der Waals surface area (Å²) in [4.78, 5) is 12.1. The Labute approximate surface area is 194 Å². The predicted octanol–water partition coefficient (Wildman–Crippen LogP) is 8.02. The van der Waals surface area contributed by atoms with Gasteiger partial charge in [-0.1, -0.05) is 76.9 Å². The molecule has 174 valence electrons. The Bertz CT molecular complexity index is 851. The normalized spacial score (nSPS) is 8.88. The average molecular weight is 439 g/mol. The van der Waals surface area contributed by atoms with Crippen molar-refractivity contribution in [2.45, 2.75) is 55.4 Å². The number of carbonyl (C=O) groups excluding carboxylic acids is 1. The highest BCUT2D eigenvalue weighted by molar-refractivity contribution is 5.91. The van der Waals surface area contributed by atoms with Crippen molar-refractivity contribution in [1.29, 1.82) is 0 Å². The van der Waals surface area contributed by atoms with Crippen molar-refractivity contribution in [3.05, 3.63) is 89.5 Å². The van der Waals surface area contributed by atoms with E-state index in [9.17, 15) is 4.79 Å². The minimum atomic E-state index is -0.388. The molecular formula is C28H38O4. The number of aryl methyl sites for hydroxylation is 2. The lowest BCUT2D eigenvalue weighted by atomic mass is 10.1. The van der Waals surface area contributed by atoms with Gasteiger partial charge in [-0.3, -0.25) is 0 Å². The van der Waals surface area contributed by atoms with Crippen LogP contribution < -0.4 is 14.2 Å². The lowest BCUT2D eigenvalue weighted by Gasteiger charge is -2.09. The molecule has 0 fully saturated rings. The van der Waals surface area contributed by atoms with Gasteiger partial charge in [0.1, 0.15) is 17.2 Å². The minimum absolute atomic E-state index is 0.103. The molecule has 0 amide bonds. The van der Waals surface area contributed by atoms with Crippen LogP contribution in [0.5, 0.6) is 17.2 Å². The van der Waals surface area contributed by atoms with Gasteiger partial charge in [0.15, 0.2) is 0 Å². The number of carbonyl (C=O) groups is 1. The van der Waals surface area contributed by atoms with Gasteiger partial charge in [0.25, 0.3) is 0 Å². The van der Waals surface area contributed by atoms with Gasteiger partial charge in [0, 0.05) is 0 Å². The summed E-state index contributed by atoms with van der Waals surface area (Å²) in [7, 11) is 0. The molecule has 32 heavy (non-hydrogen) atoms. The van der Waals surface area contributed by atoms with E-state index in [1.807, 2.05) is 91.8 Å². The van der Waals surface area contributed by atoms with E-state index in [2.05, 4.69) is 0 Å². The van der Waals surface area contributed by atoms with Crippen LogP contribution in [0.4, 0.5) is 0 Å². The van der Waals surface area contributed by atoms with Crippen LogP contribution >= 0.6 is 0 Å². The first-order valence-electron chi connectivity index (χ1n) is 11.3. The summed E-state index contributed by atoms with van der Waals surface area (Å²) < 4.78 is 16.4. The second-order valence-electron chi connectivity index (χ2n) is 5.95. The van der Waals surface area contributed by atoms with Gasteiger partial charge in [-0.05, 0) is 62.4 Å². The maximum absolute atomic E-state index is 12.1. The first kappa shape index (κ1) is 28.7. The first-order valence-corrected chi connectivity index (χ1v) is 11.3. The third-order valence-corrected chi connectivity index (χ3v) is 3.79. The molecule has 0 aromatic heterocycles. The summed E-state index contributed by atoms with van der Waals surface area (Å²) in [6, 6.07) is 21.8. The van der Waals surface area contributed by atoms with Crippen molar-refractivity contribution < 1.29 is 19.0 Å². The number of esters is 1. The van der Waals surface area contributed by atoms with Crippen LogP contribution in [0.2, 0.25) is 0 Å². The van der Waals surface area contributed by atoms with Gasteiger partial charge >= 0.3 is 5.97 Å². The van der Waals surface area contributed by atoms with E-state index in [1.54, 1.807) is 36.4 Å². The van der Waals surface area contributed by atoms with Crippen LogP contribution in [0.25, 0.3) is 0 Å². The SMILES string of the molecule is CC.CC.CC.Cc1ccc(OCOc2ccc(OC(=O)c3ccc(C)cc3)cc2)cc1. The molecule has 0 saturated carbocycles. The summed E-state index contributed by atoms with van der Waals surface area (Å²) in [5.74, 6) is 1.45. The van der Waals surface area contributed by atoms with Gasteiger partial charge in [-0.2, -0.15) is 0 Å². The van der Waals surface area contributed by atoms with Gasteiger partial charge in [-0.25, -0.2) is 4.79 Å². The van der Waals surface area contributed by atoms with E-state index in [0.29, 0.717) is 17.1 Å². The molecule has 0 saturated heterocycles. The van der Waals surface area contributed by atoms with Crippen LogP contribution in [0.15, 0.2) is 72.8 Å². The Hall–Kier alpha value is -3.27. The molecule has 0 spiro atoms. The fraction of sp³-hybridized carbons (Fsp3) is 0.321. The Morgan fingerprint density at radius 1 is 0.562 bits per heavy atom. The van der Waals surface area contributed by atoms with E-state index < -0.39 is 0 Å². The zero-order valence-electron chi connectivity index (χ0n) is 20.8. The molecule has 3 rings (SSSR count). The van der Waals surface area contributed by atoms with Gasteiger partial charge in [0.05, 0.1) is 5.56 Å². The number of benzene rings is 3. The van der Waals surface area contributed by atoms with Crippen molar-refractivity contribution in [2.24, 2.45) is 0 Å². The van der Waals surface area contributed by atoms with Crippen molar-refractivity contribution in [3.63, 3.8) is 0 Å².